The Hall–Kier alpha value is -3.50. The Labute approximate surface area is 161 Å². The Morgan fingerprint density at radius 3 is 2.86 bits per heavy atom. The van der Waals surface area contributed by atoms with Crippen LogP contribution in [0.25, 0.3) is 16.0 Å². The van der Waals surface area contributed by atoms with Crippen molar-refractivity contribution >= 4 is 11.6 Å². The molecule has 140 valence electrons. The fourth-order valence-corrected chi connectivity index (χ4v) is 3.64. The van der Waals surface area contributed by atoms with Gasteiger partial charge in [0.15, 0.2) is 5.69 Å². The molecule has 3 aromatic rings. The quantitative estimate of drug-likeness (QED) is 0.685. The minimum atomic E-state index is -0.723. The van der Waals surface area contributed by atoms with Crippen LogP contribution >= 0.6 is 0 Å². The normalized spacial score (nSPS) is 18.8. The summed E-state index contributed by atoms with van der Waals surface area (Å²) in [5.74, 6) is -0.745. The molecule has 1 amide bonds. The Bertz CT molecular complexity index is 1060. The predicted octanol–water partition coefficient (Wildman–Crippen LogP) is 3.71. The first kappa shape index (κ1) is 17.9. The summed E-state index contributed by atoms with van der Waals surface area (Å²) in [5, 5.41) is 16.7. The number of nitrogens with zero attached hydrogens (tertiary/aromatic N) is 3. The van der Waals surface area contributed by atoms with Crippen molar-refractivity contribution in [3.8, 4) is 11.1 Å². The highest BCUT2D eigenvalue weighted by atomic mass is 19.1. The maximum absolute atomic E-state index is 14.3. The molecule has 0 spiro atoms. The molecule has 2 atom stereocenters. The zero-order valence-corrected chi connectivity index (χ0v) is 14.8. The number of likely N-dealkylation sites (tertiary alicyclic amines) is 1. The molecule has 0 radical (unpaired) electrons. The number of carbonyl (C=O) groups is 1. The van der Waals surface area contributed by atoms with Gasteiger partial charge in [-0.05, 0) is 24.1 Å². The number of amides is 1. The zero-order chi connectivity index (χ0) is 19.7. The molecular formula is C21H17FN4O2. The van der Waals surface area contributed by atoms with Crippen LogP contribution in [0.2, 0.25) is 0 Å². The number of halogens is 1. The van der Waals surface area contributed by atoms with Crippen LogP contribution in [0, 0.1) is 12.4 Å². The van der Waals surface area contributed by atoms with E-state index in [1.807, 2.05) is 0 Å². The SMILES string of the molecule is [C-]#[N+]c1cc(C(=O)N2C[C@@H](O)C[C@@H]2c2ccccc2F)ccc1-c1cn[nH]c1. The monoisotopic (exact) mass is 376 g/mol. The molecule has 0 unspecified atom stereocenters. The molecule has 0 bridgehead atoms. The number of aliphatic hydroxyl groups is 1. The first-order valence-corrected chi connectivity index (χ1v) is 8.82. The third-order valence-corrected chi connectivity index (χ3v) is 4.98. The lowest BCUT2D eigenvalue weighted by Gasteiger charge is -2.25. The van der Waals surface area contributed by atoms with Gasteiger partial charge in [0.1, 0.15) is 5.82 Å². The minimum absolute atomic E-state index is 0.120. The van der Waals surface area contributed by atoms with Crippen molar-refractivity contribution in [2.75, 3.05) is 6.54 Å². The van der Waals surface area contributed by atoms with E-state index in [0.717, 1.165) is 5.56 Å². The molecule has 1 saturated heterocycles. The van der Waals surface area contributed by atoms with E-state index in [1.54, 1.807) is 42.7 Å². The van der Waals surface area contributed by atoms with Crippen molar-refractivity contribution < 1.29 is 14.3 Å². The Morgan fingerprint density at radius 1 is 1.32 bits per heavy atom. The second-order valence-electron chi connectivity index (χ2n) is 6.72. The number of benzene rings is 2. The van der Waals surface area contributed by atoms with E-state index >= 15 is 0 Å². The maximum Gasteiger partial charge on any atom is 0.253 e. The molecule has 0 saturated carbocycles. The zero-order valence-electron chi connectivity index (χ0n) is 14.8. The Kier molecular flexibility index (Phi) is 4.63. The molecule has 2 aromatic carbocycles. The van der Waals surface area contributed by atoms with Crippen LogP contribution in [-0.4, -0.2) is 38.8 Å². The Balaban J connectivity index is 1.68. The molecule has 6 nitrogen and oxygen atoms in total. The van der Waals surface area contributed by atoms with E-state index in [2.05, 4.69) is 15.0 Å². The highest BCUT2D eigenvalue weighted by molar-refractivity contribution is 5.97. The average Bonchev–Trinajstić information content (AvgIpc) is 3.37. The van der Waals surface area contributed by atoms with Gasteiger partial charge in [0, 0.05) is 29.4 Å². The summed E-state index contributed by atoms with van der Waals surface area (Å²) < 4.78 is 14.3. The Morgan fingerprint density at radius 2 is 2.14 bits per heavy atom. The molecule has 2 heterocycles. The smallest absolute Gasteiger partial charge is 0.253 e. The van der Waals surface area contributed by atoms with Crippen molar-refractivity contribution in [3.63, 3.8) is 0 Å². The molecule has 1 aliphatic heterocycles. The number of carbonyl (C=O) groups excluding carboxylic acids is 1. The lowest BCUT2D eigenvalue weighted by Crippen LogP contribution is -2.32. The van der Waals surface area contributed by atoms with Gasteiger partial charge in [-0.15, -0.1) is 0 Å². The third kappa shape index (κ3) is 3.15. The van der Waals surface area contributed by atoms with E-state index in [0.29, 0.717) is 22.4 Å². The summed E-state index contributed by atoms with van der Waals surface area (Å²) in [6, 6.07) is 10.6. The van der Waals surface area contributed by atoms with Gasteiger partial charge in [-0.1, -0.05) is 30.3 Å². The molecule has 0 aliphatic carbocycles. The number of aromatic amines is 1. The van der Waals surface area contributed by atoms with Gasteiger partial charge in [0.2, 0.25) is 0 Å². The number of aromatic nitrogens is 2. The van der Waals surface area contributed by atoms with Gasteiger partial charge < -0.3 is 10.0 Å². The van der Waals surface area contributed by atoms with Crippen LogP contribution in [0.5, 0.6) is 0 Å². The van der Waals surface area contributed by atoms with Crippen molar-refractivity contribution in [2.45, 2.75) is 18.6 Å². The van der Waals surface area contributed by atoms with Crippen LogP contribution in [0.3, 0.4) is 0 Å². The van der Waals surface area contributed by atoms with E-state index in [9.17, 15) is 14.3 Å². The van der Waals surface area contributed by atoms with Gasteiger partial charge in [-0.25, -0.2) is 9.24 Å². The van der Waals surface area contributed by atoms with Crippen molar-refractivity contribution in [1.29, 1.82) is 0 Å². The van der Waals surface area contributed by atoms with E-state index in [4.69, 9.17) is 6.57 Å². The number of β-amino-alcohol motifs (C(OH)–C–C–N with tert-alkyl or cyclic N) is 1. The summed E-state index contributed by atoms with van der Waals surface area (Å²) in [7, 11) is 0. The number of H-pyrrole nitrogens is 1. The number of nitrogens with one attached hydrogen (secondary N) is 1. The summed E-state index contributed by atoms with van der Waals surface area (Å²) >= 11 is 0. The summed E-state index contributed by atoms with van der Waals surface area (Å²) in [4.78, 5) is 18.1. The maximum atomic E-state index is 14.3. The standard InChI is InChI=1S/C21H17FN4O2/c1-23-19-8-13(6-7-16(19)14-10-24-25-11-14)21(28)26-12-15(27)9-20(26)17-4-2-3-5-18(17)22/h2-8,10-11,15,20,27H,9,12H2,(H,24,25)/t15-,20+/m0/s1. The largest absolute Gasteiger partial charge is 0.391 e. The first-order valence-electron chi connectivity index (χ1n) is 8.82. The molecule has 1 aliphatic rings. The molecule has 4 rings (SSSR count). The molecule has 1 aromatic heterocycles. The highest BCUT2D eigenvalue weighted by Crippen LogP contribution is 2.36. The van der Waals surface area contributed by atoms with Crippen molar-refractivity contribution in [2.24, 2.45) is 0 Å². The minimum Gasteiger partial charge on any atom is -0.391 e. The summed E-state index contributed by atoms with van der Waals surface area (Å²) in [5.41, 5.74) is 2.47. The first-order chi connectivity index (χ1) is 13.6. The van der Waals surface area contributed by atoms with Crippen LogP contribution < -0.4 is 0 Å². The number of hydrogen-bond acceptors (Lipinski definition) is 3. The number of hydrogen-bond donors (Lipinski definition) is 2. The van der Waals surface area contributed by atoms with Crippen LogP contribution in [0.4, 0.5) is 10.1 Å². The fraction of sp³-hybridized carbons (Fsp3) is 0.190. The van der Waals surface area contributed by atoms with Crippen molar-refractivity contribution in [1.82, 2.24) is 15.1 Å². The second-order valence-corrected chi connectivity index (χ2v) is 6.72. The number of rotatable bonds is 3. The fourth-order valence-electron chi connectivity index (χ4n) is 3.64. The lowest BCUT2D eigenvalue weighted by molar-refractivity contribution is 0.0714. The van der Waals surface area contributed by atoms with Gasteiger partial charge in [0.25, 0.3) is 5.91 Å². The second kappa shape index (κ2) is 7.25. The third-order valence-electron chi connectivity index (χ3n) is 4.98. The lowest BCUT2D eigenvalue weighted by atomic mass is 10.0. The van der Waals surface area contributed by atoms with E-state index < -0.39 is 18.0 Å². The predicted molar refractivity (Wildman–Crippen MR) is 101 cm³/mol. The summed E-state index contributed by atoms with van der Waals surface area (Å²) in [6.45, 7) is 7.57. The molecule has 2 N–H and O–H groups in total. The molecular weight excluding hydrogens is 359 g/mol. The van der Waals surface area contributed by atoms with Gasteiger partial charge >= 0.3 is 0 Å². The number of aliphatic hydroxyl groups excluding tert-OH is 1. The van der Waals surface area contributed by atoms with E-state index in [1.165, 1.54) is 17.0 Å². The molecule has 7 heteroatoms. The van der Waals surface area contributed by atoms with Gasteiger partial charge in [0.05, 0.1) is 24.9 Å². The highest BCUT2D eigenvalue weighted by Gasteiger charge is 2.37. The molecule has 1 fully saturated rings. The van der Waals surface area contributed by atoms with Crippen LogP contribution in [0.1, 0.15) is 28.4 Å². The van der Waals surface area contributed by atoms with E-state index in [-0.39, 0.29) is 18.9 Å². The summed E-state index contributed by atoms with van der Waals surface area (Å²) in [6.07, 6.45) is 2.84. The topological polar surface area (TPSA) is 73.6 Å². The van der Waals surface area contributed by atoms with Crippen molar-refractivity contribution in [3.05, 3.63) is 83.2 Å². The van der Waals surface area contributed by atoms with Crippen LogP contribution in [0.15, 0.2) is 54.9 Å². The average molecular weight is 376 g/mol. The van der Waals surface area contributed by atoms with Crippen LogP contribution in [-0.2, 0) is 0 Å². The molecule has 28 heavy (non-hydrogen) atoms. The van der Waals surface area contributed by atoms with Gasteiger partial charge in [-0.3, -0.25) is 9.89 Å². The van der Waals surface area contributed by atoms with Gasteiger partial charge in [-0.2, -0.15) is 5.10 Å².